The first-order valence-electron chi connectivity index (χ1n) is 9.60. The van der Waals surface area contributed by atoms with Crippen molar-refractivity contribution in [3.63, 3.8) is 0 Å². The van der Waals surface area contributed by atoms with E-state index >= 15 is 0 Å². The molecule has 1 aliphatic rings. The number of rotatable bonds is 4. The highest BCUT2D eigenvalue weighted by Gasteiger charge is 2.34. The predicted octanol–water partition coefficient (Wildman–Crippen LogP) is 4.08. The summed E-state index contributed by atoms with van der Waals surface area (Å²) in [5.74, 6) is 0.331. The Morgan fingerprint density at radius 3 is 2.61 bits per heavy atom. The Balaban J connectivity index is 1.47. The fraction of sp³-hybridized carbons (Fsp3) is 0.318. The first-order chi connectivity index (χ1) is 13.5. The Morgan fingerprint density at radius 1 is 1.14 bits per heavy atom. The molecule has 1 fully saturated rings. The first kappa shape index (κ1) is 18.2. The molecule has 0 unspecified atom stereocenters. The van der Waals surface area contributed by atoms with Crippen molar-refractivity contribution in [1.82, 2.24) is 9.88 Å². The van der Waals surface area contributed by atoms with E-state index in [4.69, 9.17) is 4.42 Å². The predicted molar refractivity (Wildman–Crippen MR) is 108 cm³/mol. The molecule has 0 bridgehead atoms. The van der Waals surface area contributed by atoms with Crippen LogP contribution in [0.4, 0.5) is 5.69 Å². The fourth-order valence-corrected chi connectivity index (χ4v) is 3.55. The molecule has 4 rings (SSSR count). The number of fused-ring (bicyclic) bond motifs is 1. The third-order valence-electron chi connectivity index (χ3n) is 5.03. The van der Waals surface area contributed by atoms with Crippen LogP contribution >= 0.6 is 0 Å². The molecule has 144 valence electrons. The van der Waals surface area contributed by atoms with Gasteiger partial charge in [0.2, 0.25) is 17.7 Å². The van der Waals surface area contributed by atoms with Crippen LogP contribution in [0.2, 0.25) is 0 Å². The standard InChI is InChI=1S/C22H23N3O3/c1-14(2)22(27)25-13-5-7-18(25)20(26)23-16-11-9-15(10-12-16)21-24-17-6-3-4-8-19(17)28-21/h3-4,6,8-12,14,18H,5,7,13H2,1-2H3,(H,23,26)/t18-/m0/s1. The van der Waals surface area contributed by atoms with Crippen molar-refractivity contribution >= 4 is 28.6 Å². The molecule has 0 aliphatic carbocycles. The van der Waals surface area contributed by atoms with Crippen LogP contribution in [0, 0.1) is 5.92 Å². The number of para-hydroxylation sites is 2. The van der Waals surface area contributed by atoms with E-state index in [2.05, 4.69) is 10.3 Å². The Hall–Kier alpha value is -3.15. The summed E-state index contributed by atoms with van der Waals surface area (Å²) < 4.78 is 5.78. The second kappa shape index (κ2) is 7.46. The van der Waals surface area contributed by atoms with Crippen molar-refractivity contribution in [1.29, 1.82) is 0 Å². The molecule has 1 aliphatic heterocycles. The highest BCUT2D eigenvalue weighted by atomic mass is 16.3. The summed E-state index contributed by atoms with van der Waals surface area (Å²) >= 11 is 0. The van der Waals surface area contributed by atoms with Gasteiger partial charge in [0.25, 0.3) is 0 Å². The number of oxazole rings is 1. The van der Waals surface area contributed by atoms with Gasteiger partial charge >= 0.3 is 0 Å². The number of amides is 2. The number of benzene rings is 2. The molecule has 1 aromatic heterocycles. The van der Waals surface area contributed by atoms with Crippen LogP contribution in [0.3, 0.4) is 0 Å². The molecule has 0 saturated carbocycles. The van der Waals surface area contributed by atoms with E-state index in [9.17, 15) is 9.59 Å². The molecular formula is C22H23N3O3. The lowest BCUT2D eigenvalue weighted by atomic mass is 10.1. The van der Waals surface area contributed by atoms with Gasteiger partial charge in [-0.05, 0) is 49.2 Å². The van der Waals surface area contributed by atoms with E-state index in [1.165, 1.54) is 0 Å². The number of carbonyl (C=O) groups is 2. The SMILES string of the molecule is CC(C)C(=O)N1CCC[C@H]1C(=O)Nc1ccc(-c2nc3ccccc3o2)cc1. The highest BCUT2D eigenvalue weighted by Crippen LogP contribution is 2.26. The third kappa shape index (κ3) is 3.50. The molecular weight excluding hydrogens is 354 g/mol. The molecule has 6 nitrogen and oxygen atoms in total. The zero-order valence-corrected chi connectivity index (χ0v) is 16.0. The zero-order valence-electron chi connectivity index (χ0n) is 16.0. The smallest absolute Gasteiger partial charge is 0.247 e. The maximum atomic E-state index is 12.7. The van der Waals surface area contributed by atoms with E-state index in [-0.39, 0.29) is 17.7 Å². The number of nitrogens with zero attached hydrogens (tertiary/aromatic N) is 2. The average Bonchev–Trinajstić information content (AvgIpc) is 3.35. The van der Waals surface area contributed by atoms with E-state index < -0.39 is 6.04 Å². The normalized spacial score (nSPS) is 16.7. The molecule has 0 radical (unpaired) electrons. The van der Waals surface area contributed by atoms with Crippen molar-refractivity contribution in [2.75, 3.05) is 11.9 Å². The summed E-state index contributed by atoms with van der Waals surface area (Å²) in [6.07, 6.45) is 1.55. The summed E-state index contributed by atoms with van der Waals surface area (Å²) in [7, 11) is 0. The lowest BCUT2D eigenvalue weighted by molar-refractivity contribution is -0.139. The molecule has 2 heterocycles. The minimum absolute atomic E-state index is 0.0314. The van der Waals surface area contributed by atoms with Crippen LogP contribution in [0.15, 0.2) is 52.9 Å². The van der Waals surface area contributed by atoms with Crippen molar-refractivity contribution in [3.05, 3.63) is 48.5 Å². The summed E-state index contributed by atoms with van der Waals surface area (Å²) in [5, 5.41) is 2.93. The summed E-state index contributed by atoms with van der Waals surface area (Å²) in [6, 6.07) is 14.6. The van der Waals surface area contributed by atoms with Gasteiger partial charge in [0.15, 0.2) is 5.58 Å². The van der Waals surface area contributed by atoms with Gasteiger partial charge in [-0.15, -0.1) is 0 Å². The topological polar surface area (TPSA) is 75.4 Å². The highest BCUT2D eigenvalue weighted by molar-refractivity contribution is 5.97. The van der Waals surface area contributed by atoms with E-state index in [1.54, 1.807) is 4.90 Å². The number of likely N-dealkylation sites (tertiary alicyclic amines) is 1. The molecule has 1 atom stereocenters. The summed E-state index contributed by atoms with van der Waals surface area (Å²) in [6.45, 7) is 4.37. The number of hydrogen-bond acceptors (Lipinski definition) is 4. The van der Waals surface area contributed by atoms with Gasteiger partial charge in [0.1, 0.15) is 11.6 Å². The van der Waals surface area contributed by atoms with Crippen molar-refractivity contribution in [3.8, 4) is 11.5 Å². The second-order valence-corrected chi connectivity index (χ2v) is 7.40. The van der Waals surface area contributed by atoms with E-state index in [1.807, 2.05) is 62.4 Å². The van der Waals surface area contributed by atoms with Crippen molar-refractivity contribution in [2.24, 2.45) is 5.92 Å². The van der Waals surface area contributed by atoms with Crippen LogP contribution in [0.1, 0.15) is 26.7 Å². The third-order valence-corrected chi connectivity index (χ3v) is 5.03. The van der Waals surface area contributed by atoms with Gasteiger partial charge in [-0.2, -0.15) is 0 Å². The molecule has 28 heavy (non-hydrogen) atoms. The van der Waals surface area contributed by atoms with Gasteiger partial charge in [-0.3, -0.25) is 9.59 Å². The number of nitrogens with one attached hydrogen (secondary N) is 1. The number of aromatic nitrogens is 1. The van der Waals surface area contributed by atoms with Gasteiger partial charge in [0, 0.05) is 23.7 Å². The fourth-order valence-electron chi connectivity index (χ4n) is 3.55. The van der Waals surface area contributed by atoms with Gasteiger partial charge in [0.05, 0.1) is 0 Å². The zero-order chi connectivity index (χ0) is 19.7. The summed E-state index contributed by atoms with van der Waals surface area (Å²) in [4.78, 5) is 31.2. The van der Waals surface area contributed by atoms with Crippen LogP contribution in [-0.4, -0.2) is 34.3 Å². The monoisotopic (exact) mass is 377 g/mol. The maximum absolute atomic E-state index is 12.7. The first-order valence-corrected chi connectivity index (χ1v) is 9.60. The molecule has 3 aromatic rings. The largest absolute Gasteiger partial charge is 0.436 e. The van der Waals surface area contributed by atoms with Gasteiger partial charge in [-0.25, -0.2) is 4.98 Å². The molecule has 2 amide bonds. The Kier molecular flexibility index (Phi) is 4.86. The second-order valence-electron chi connectivity index (χ2n) is 7.40. The maximum Gasteiger partial charge on any atom is 0.247 e. The molecule has 6 heteroatoms. The lowest BCUT2D eigenvalue weighted by Crippen LogP contribution is -2.44. The van der Waals surface area contributed by atoms with Crippen LogP contribution in [0.5, 0.6) is 0 Å². The molecule has 1 saturated heterocycles. The quantitative estimate of drug-likeness (QED) is 0.743. The summed E-state index contributed by atoms with van der Waals surface area (Å²) in [5.41, 5.74) is 3.08. The number of carbonyl (C=O) groups excluding carboxylic acids is 2. The van der Waals surface area contributed by atoms with Gasteiger partial charge in [-0.1, -0.05) is 26.0 Å². The van der Waals surface area contributed by atoms with E-state index in [0.29, 0.717) is 24.5 Å². The van der Waals surface area contributed by atoms with E-state index in [0.717, 1.165) is 23.1 Å². The Bertz CT molecular complexity index is 974. The van der Waals surface area contributed by atoms with Gasteiger partial charge < -0.3 is 14.6 Å². The number of anilines is 1. The number of hydrogen-bond donors (Lipinski definition) is 1. The Morgan fingerprint density at radius 2 is 1.89 bits per heavy atom. The molecule has 1 N–H and O–H groups in total. The van der Waals surface area contributed by atoms with Crippen LogP contribution in [-0.2, 0) is 9.59 Å². The molecule has 2 aromatic carbocycles. The van der Waals surface area contributed by atoms with Crippen LogP contribution in [0.25, 0.3) is 22.6 Å². The van der Waals surface area contributed by atoms with Crippen molar-refractivity contribution < 1.29 is 14.0 Å². The Labute approximate surface area is 163 Å². The lowest BCUT2D eigenvalue weighted by Gasteiger charge is -2.25. The minimum Gasteiger partial charge on any atom is -0.436 e. The average molecular weight is 377 g/mol. The van der Waals surface area contributed by atoms with Crippen molar-refractivity contribution in [2.45, 2.75) is 32.7 Å². The molecule has 0 spiro atoms. The minimum atomic E-state index is -0.397. The van der Waals surface area contributed by atoms with Crippen LogP contribution < -0.4 is 5.32 Å².